The SMILES string of the molecule is CCC(C)(C)[C@H]1CCc2sc3ncnc(N/N=C/c4c(Cl)cccc4Cl)c3c2C1. The Balaban J connectivity index is 1.66. The molecule has 1 aromatic carbocycles. The van der Waals surface area contributed by atoms with E-state index < -0.39 is 0 Å². The lowest BCUT2D eigenvalue weighted by atomic mass is 9.69. The summed E-state index contributed by atoms with van der Waals surface area (Å²) in [4.78, 5) is 11.5. The summed E-state index contributed by atoms with van der Waals surface area (Å²) in [6, 6.07) is 5.40. The van der Waals surface area contributed by atoms with Crippen LogP contribution in [-0.2, 0) is 12.8 Å². The lowest BCUT2D eigenvalue weighted by Crippen LogP contribution is -2.28. The van der Waals surface area contributed by atoms with Crippen molar-refractivity contribution in [2.24, 2.45) is 16.4 Å². The minimum Gasteiger partial charge on any atom is -0.261 e. The highest BCUT2D eigenvalue weighted by molar-refractivity contribution is 7.19. The maximum atomic E-state index is 6.23. The normalized spacial score (nSPS) is 17.1. The third-order valence-electron chi connectivity index (χ3n) is 6.22. The maximum absolute atomic E-state index is 6.23. The first-order valence-corrected chi connectivity index (χ1v) is 11.5. The molecule has 0 fully saturated rings. The maximum Gasteiger partial charge on any atom is 0.158 e. The molecule has 29 heavy (non-hydrogen) atoms. The van der Waals surface area contributed by atoms with Gasteiger partial charge in [-0.3, -0.25) is 5.43 Å². The molecule has 152 valence electrons. The molecule has 1 N–H and O–H groups in total. The number of anilines is 1. The first kappa shape index (κ1) is 20.6. The summed E-state index contributed by atoms with van der Waals surface area (Å²) in [6.07, 6.45) is 7.83. The topological polar surface area (TPSA) is 50.2 Å². The molecule has 0 radical (unpaired) electrons. The van der Waals surface area contributed by atoms with Crippen molar-refractivity contribution in [3.05, 3.63) is 50.6 Å². The Morgan fingerprint density at radius 1 is 1.28 bits per heavy atom. The van der Waals surface area contributed by atoms with E-state index in [0.717, 1.165) is 28.9 Å². The number of hydrogen-bond acceptors (Lipinski definition) is 5. The molecule has 2 aromatic heterocycles. The molecule has 7 heteroatoms. The zero-order chi connectivity index (χ0) is 20.6. The fourth-order valence-corrected chi connectivity index (χ4v) is 5.62. The van der Waals surface area contributed by atoms with Gasteiger partial charge in [0.15, 0.2) is 5.82 Å². The van der Waals surface area contributed by atoms with Gasteiger partial charge in [-0.1, -0.05) is 56.5 Å². The predicted molar refractivity (Wildman–Crippen MR) is 125 cm³/mol. The number of aryl methyl sites for hydroxylation is 1. The highest BCUT2D eigenvalue weighted by Gasteiger charge is 2.33. The molecule has 4 nitrogen and oxygen atoms in total. The van der Waals surface area contributed by atoms with Gasteiger partial charge in [-0.2, -0.15) is 5.10 Å². The van der Waals surface area contributed by atoms with Gasteiger partial charge in [0.2, 0.25) is 0 Å². The molecular formula is C22H24Cl2N4S. The smallest absolute Gasteiger partial charge is 0.158 e. The van der Waals surface area contributed by atoms with E-state index in [2.05, 4.69) is 41.3 Å². The van der Waals surface area contributed by atoms with Crippen LogP contribution in [0.2, 0.25) is 10.0 Å². The van der Waals surface area contributed by atoms with E-state index in [9.17, 15) is 0 Å². The Labute approximate surface area is 185 Å². The Hall–Kier alpha value is -1.69. The summed E-state index contributed by atoms with van der Waals surface area (Å²) in [7, 11) is 0. The van der Waals surface area contributed by atoms with Crippen molar-refractivity contribution in [2.75, 3.05) is 5.43 Å². The molecule has 2 heterocycles. The fourth-order valence-electron chi connectivity index (χ4n) is 3.94. The Morgan fingerprint density at radius 3 is 2.76 bits per heavy atom. The van der Waals surface area contributed by atoms with Crippen LogP contribution in [0.4, 0.5) is 5.82 Å². The minimum atomic E-state index is 0.328. The van der Waals surface area contributed by atoms with Crippen LogP contribution in [0.5, 0.6) is 0 Å². The van der Waals surface area contributed by atoms with Crippen molar-refractivity contribution in [3.8, 4) is 0 Å². The summed E-state index contributed by atoms with van der Waals surface area (Å²) in [6.45, 7) is 7.04. The lowest BCUT2D eigenvalue weighted by Gasteiger charge is -2.36. The number of aromatic nitrogens is 2. The van der Waals surface area contributed by atoms with Crippen molar-refractivity contribution in [1.29, 1.82) is 0 Å². The first-order valence-electron chi connectivity index (χ1n) is 9.89. The number of benzene rings is 1. The monoisotopic (exact) mass is 446 g/mol. The van der Waals surface area contributed by atoms with Crippen molar-refractivity contribution >= 4 is 56.8 Å². The van der Waals surface area contributed by atoms with Crippen LogP contribution in [0, 0.1) is 11.3 Å². The molecule has 0 unspecified atom stereocenters. The molecule has 0 amide bonds. The molecule has 4 rings (SSSR count). The second-order valence-corrected chi connectivity index (χ2v) is 10.1. The Morgan fingerprint density at radius 2 is 2.03 bits per heavy atom. The summed E-state index contributed by atoms with van der Waals surface area (Å²) in [5.41, 5.74) is 5.50. The van der Waals surface area contributed by atoms with Crippen molar-refractivity contribution in [2.45, 2.75) is 46.5 Å². The number of hydrazone groups is 1. The van der Waals surface area contributed by atoms with Gasteiger partial charge in [-0.15, -0.1) is 11.3 Å². The molecule has 0 aliphatic heterocycles. The van der Waals surface area contributed by atoms with Crippen LogP contribution in [-0.4, -0.2) is 16.2 Å². The summed E-state index contributed by atoms with van der Waals surface area (Å²) in [5, 5.41) is 6.60. The highest BCUT2D eigenvalue weighted by atomic mass is 35.5. The van der Waals surface area contributed by atoms with Gasteiger partial charge in [0, 0.05) is 10.4 Å². The second-order valence-electron chi connectivity index (χ2n) is 8.19. The van der Waals surface area contributed by atoms with Crippen LogP contribution in [0.1, 0.15) is 49.6 Å². The molecule has 3 aromatic rings. The molecule has 0 spiro atoms. The number of rotatable bonds is 5. The molecule has 1 aliphatic carbocycles. The van der Waals surface area contributed by atoms with Crippen LogP contribution in [0.25, 0.3) is 10.2 Å². The van der Waals surface area contributed by atoms with E-state index in [1.807, 2.05) is 6.07 Å². The van der Waals surface area contributed by atoms with Crippen molar-refractivity contribution < 1.29 is 0 Å². The first-order chi connectivity index (χ1) is 13.9. The quantitative estimate of drug-likeness (QED) is 0.339. The van der Waals surface area contributed by atoms with E-state index in [-0.39, 0.29) is 0 Å². The van der Waals surface area contributed by atoms with E-state index in [1.54, 1.807) is 36.0 Å². The van der Waals surface area contributed by atoms with Crippen molar-refractivity contribution in [3.63, 3.8) is 0 Å². The predicted octanol–water partition coefficient (Wildman–Crippen LogP) is 6.99. The third-order valence-corrected chi connectivity index (χ3v) is 8.08. The average molecular weight is 447 g/mol. The zero-order valence-electron chi connectivity index (χ0n) is 16.8. The van der Waals surface area contributed by atoms with Gasteiger partial charge >= 0.3 is 0 Å². The van der Waals surface area contributed by atoms with Crippen LogP contribution in [0.15, 0.2) is 29.6 Å². The summed E-state index contributed by atoms with van der Waals surface area (Å²) in [5.74, 6) is 1.40. The standard InChI is InChI=1S/C22H24Cl2N4S/c1-4-22(2,3)13-8-9-18-14(10-13)19-20(25-12-26-21(19)29-18)28-27-11-15-16(23)6-5-7-17(15)24/h5-7,11-13H,4,8-10H2,1-3H3,(H,25,26,28)/b27-11+/t13-/m0/s1. The molecule has 1 aliphatic rings. The average Bonchev–Trinajstić information content (AvgIpc) is 3.08. The number of thiophene rings is 1. The van der Waals surface area contributed by atoms with Crippen LogP contribution >= 0.6 is 34.5 Å². The van der Waals surface area contributed by atoms with E-state index in [1.165, 1.54) is 23.3 Å². The Bertz CT molecular complexity index is 1050. The number of hydrogen-bond donors (Lipinski definition) is 1. The Kier molecular flexibility index (Phi) is 5.83. The second kappa shape index (κ2) is 8.21. The molecule has 1 atom stereocenters. The van der Waals surface area contributed by atoms with Gasteiger partial charge in [0.25, 0.3) is 0 Å². The van der Waals surface area contributed by atoms with Gasteiger partial charge in [-0.25, -0.2) is 9.97 Å². The summed E-state index contributed by atoms with van der Waals surface area (Å²) >= 11 is 14.2. The van der Waals surface area contributed by atoms with E-state index >= 15 is 0 Å². The zero-order valence-corrected chi connectivity index (χ0v) is 19.1. The van der Waals surface area contributed by atoms with E-state index in [4.69, 9.17) is 23.2 Å². The van der Waals surface area contributed by atoms with Gasteiger partial charge in [-0.05, 0) is 48.3 Å². The number of fused-ring (bicyclic) bond motifs is 3. The lowest BCUT2D eigenvalue weighted by molar-refractivity contribution is 0.184. The molecular weight excluding hydrogens is 423 g/mol. The molecule has 0 bridgehead atoms. The minimum absolute atomic E-state index is 0.328. The van der Waals surface area contributed by atoms with E-state index in [0.29, 0.717) is 26.9 Å². The fraction of sp³-hybridized carbons (Fsp3) is 0.409. The molecule has 0 saturated heterocycles. The third kappa shape index (κ3) is 4.00. The summed E-state index contributed by atoms with van der Waals surface area (Å²) < 4.78 is 0. The van der Waals surface area contributed by atoms with Crippen LogP contribution in [0.3, 0.4) is 0 Å². The largest absolute Gasteiger partial charge is 0.261 e. The van der Waals surface area contributed by atoms with Crippen molar-refractivity contribution in [1.82, 2.24) is 9.97 Å². The number of nitrogens with zero attached hydrogens (tertiary/aromatic N) is 3. The number of nitrogens with one attached hydrogen (secondary N) is 1. The molecule has 0 saturated carbocycles. The van der Waals surface area contributed by atoms with Gasteiger partial charge in [0.1, 0.15) is 11.2 Å². The van der Waals surface area contributed by atoms with Gasteiger partial charge in [0.05, 0.1) is 21.6 Å². The number of halogens is 2. The van der Waals surface area contributed by atoms with Crippen LogP contribution < -0.4 is 5.43 Å². The highest BCUT2D eigenvalue weighted by Crippen LogP contribution is 2.45. The van der Waals surface area contributed by atoms with Gasteiger partial charge < -0.3 is 0 Å².